The Morgan fingerprint density at radius 1 is 1.08 bits per heavy atom. The Morgan fingerprint density at radius 2 is 1.84 bits per heavy atom. The molecule has 198 valence electrons. The molecule has 3 heterocycles. The second-order valence-corrected chi connectivity index (χ2v) is 9.33. The van der Waals surface area contributed by atoms with Crippen LogP contribution >= 0.6 is 0 Å². The smallest absolute Gasteiger partial charge is 0.341 e. The number of ether oxygens (including phenoxy) is 2. The highest BCUT2D eigenvalue weighted by Gasteiger charge is 2.21. The van der Waals surface area contributed by atoms with Crippen molar-refractivity contribution in [2.24, 2.45) is 10.9 Å². The summed E-state index contributed by atoms with van der Waals surface area (Å²) in [5.74, 6) is -0.444. The first-order valence-electron chi connectivity index (χ1n) is 12.9. The Kier molecular flexibility index (Phi) is 8.35. The van der Waals surface area contributed by atoms with Gasteiger partial charge in [-0.15, -0.1) is 0 Å². The molecule has 0 aliphatic carbocycles. The molecule has 0 atom stereocenters. The zero-order valence-electron chi connectivity index (χ0n) is 22.1. The van der Waals surface area contributed by atoms with E-state index in [1.165, 1.54) is 10.5 Å². The molecule has 0 bridgehead atoms. The summed E-state index contributed by atoms with van der Waals surface area (Å²) in [5, 5.41) is 0.234. The van der Waals surface area contributed by atoms with Gasteiger partial charge in [0.2, 0.25) is 0 Å². The fourth-order valence-electron chi connectivity index (χ4n) is 4.08. The third-order valence-electron chi connectivity index (χ3n) is 5.91. The van der Waals surface area contributed by atoms with Crippen LogP contribution in [0.25, 0.3) is 16.7 Å². The maximum Gasteiger partial charge on any atom is 0.341 e. The molecule has 9 heteroatoms. The van der Waals surface area contributed by atoms with Crippen LogP contribution in [0.4, 0.5) is 0 Å². The highest BCUT2D eigenvalue weighted by molar-refractivity contribution is 5.97. The van der Waals surface area contributed by atoms with Crippen LogP contribution < -0.4 is 15.8 Å². The summed E-state index contributed by atoms with van der Waals surface area (Å²) >= 11 is 0. The second kappa shape index (κ2) is 11.9. The number of benzene rings is 1. The Morgan fingerprint density at radius 3 is 2.53 bits per heavy atom. The minimum Gasteiger partial charge on any atom is -0.494 e. The lowest BCUT2D eigenvalue weighted by Crippen LogP contribution is -2.33. The normalized spacial score (nSPS) is 11.9. The van der Waals surface area contributed by atoms with E-state index < -0.39 is 11.9 Å². The number of hydrogen-bond acceptors (Lipinski definition) is 6. The molecule has 9 nitrogen and oxygen atoms in total. The van der Waals surface area contributed by atoms with E-state index in [0.717, 1.165) is 12.8 Å². The molecular weight excluding hydrogens is 484 g/mol. The SMILES string of the molecule is CCCCOc1ccc(C(=O)N=c2c(C(=O)OCC)cc3c(=O)n4ccccc4nc3n2CC(C)C)cc1. The molecule has 0 saturated heterocycles. The average molecular weight is 517 g/mol. The van der Waals surface area contributed by atoms with Crippen molar-refractivity contribution in [3.8, 4) is 5.75 Å². The maximum absolute atomic E-state index is 13.4. The predicted molar refractivity (Wildman–Crippen MR) is 144 cm³/mol. The number of amides is 1. The van der Waals surface area contributed by atoms with Crippen LogP contribution in [-0.2, 0) is 11.3 Å². The van der Waals surface area contributed by atoms with Crippen LogP contribution in [-0.4, -0.2) is 39.0 Å². The van der Waals surface area contributed by atoms with Crippen LogP contribution in [0.3, 0.4) is 0 Å². The number of nitrogens with zero attached hydrogens (tertiary/aromatic N) is 4. The number of hydrogen-bond donors (Lipinski definition) is 0. The van der Waals surface area contributed by atoms with E-state index in [-0.39, 0.29) is 34.5 Å². The minimum absolute atomic E-state index is 0.0302. The van der Waals surface area contributed by atoms with Gasteiger partial charge in [0, 0.05) is 18.3 Å². The van der Waals surface area contributed by atoms with Crippen LogP contribution in [0.15, 0.2) is 64.5 Å². The highest BCUT2D eigenvalue weighted by Crippen LogP contribution is 2.15. The minimum atomic E-state index is -0.671. The molecule has 0 N–H and O–H groups in total. The van der Waals surface area contributed by atoms with Crippen molar-refractivity contribution in [3.05, 3.63) is 81.7 Å². The lowest BCUT2D eigenvalue weighted by Gasteiger charge is -2.16. The van der Waals surface area contributed by atoms with E-state index in [4.69, 9.17) is 14.5 Å². The molecule has 0 unspecified atom stereocenters. The number of rotatable bonds is 9. The first kappa shape index (κ1) is 26.8. The third-order valence-corrected chi connectivity index (χ3v) is 5.91. The van der Waals surface area contributed by atoms with Gasteiger partial charge in [0.05, 0.1) is 18.6 Å². The Labute approximate surface area is 220 Å². The second-order valence-electron chi connectivity index (χ2n) is 9.33. The molecule has 0 radical (unpaired) electrons. The van der Waals surface area contributed by atoms with Crippen LogP contribution in [0.1, 0.15) is 61.3 Å². The first-order valence-corrected chi connectivity index (χ1v) is 12.9. The zero-order chi connectivity index (χ0) is 27.2. The molecule has 0 fully saturated rings. The standard InChI is InChI=1S/C29H32N4O5/c1-5-7-16-38-21-13-11-20(12-14-21)27(34)31-26-23(29(36)37-6-2)17-22-25(33(26)18-19(3)4)30-24-10-8-9-15-32(24)28(22)35/h8-15,17,19H,5-7,16,18H2,1-4H3. The van der Waals surface area contributed by atoms with E-state index in [1.807, 2.05) is 13.8 Å². The average Bonchev–Trinajstić information content (AvgIpc) is 2.90. The van der Waals surface area contributed by atoms with E-state index in [2.05, 4.69) is 11.9 Å². The van der Waals surface area contributed by atoms with Gasteiger partial charge >= 0.3 is 5.97 Å². The number of pyridine rings is 2. The number of carbonyl (C=O) groups excluding carboxylic acids is 2. The molecule has 1 amide bonds. The molecule has 0 aliphatic rings. The van der Waals surface area contributed by atoms with Gasteiger partial charge in [-0.3, -0.25) is 14.0 Å². The molecule has 3 aromatic heterocycles. The van der Waals surface area contributed by atoms with Crippen molar-refractivity contribution in [2.45, 2.75) is 47.1 Å². The van der Waals surface area contributed by atoms with Gasteiger partial charge < -0.3 is 14.0 Å². The predicted octanol–water partition coefficient (Wildman–Crippen LogP) is 4.40. The van der Waals surface area contributed by atoms with Gasteiger partial charge in [-0.25, -0.2) is 9.78 Å². The van der Waals surface area contributed by atoms with Crippen molar-refractivity contribution in [1.82, 2.24) is 14.0 Å². The topological polar surface area (TPSA) is 104 Å². The van der Waals surface area contributed by atoms with Crippen LogP contribution in [0, 0.1) is 5.92 Å². The molecule has 1 aromatic carbocycles. The summed E-state index contributed by atoms with van der Waals surface area (Å²) in [6.07, 6.45) is 3.59. The summed E-state index contributed by atoms with van der Waals surface area (Å²) in [6.45, 7) is 8.87. The Bertz CT molecular complexity index is 1600. The van der Waals surface area contributed by atoms with Gasteiger partial charge in [-0.2, -0.15) is 4.99 Å². The van der Waals surface area contributed by atoms with Gasteiger partial charge in [0.1, 0.15) is 22.6 Å². The lowest BCUT2D eigenvalue weighted by molar-refractivity contribution is 0.0523. The van der Waals surface area contributed by atoms with Crippen LogP contribution in [0.5, 0.6) is 5.75 Å². The lowest BCUT2D eigenvalue weighted by atomic mass is 10.1. The van der Waals surface area contributed by atoms with Gasteiger partial charge in [0.15, 0.2) is 5.49 Å². The van der Waals surface area contributed by atoms with E-state index >= 15 is 0 Å². The van der Waals surface area contributed by atoms with Gasteiger partial charge in [0.25, 0.3) is 11.5 Å². The van der Waals surface area contributed by atoms with Gasteiger partial charge in [-0.1, -0.05) is 33.3 Å². The highest BCUT2D eigenvalue weighted by atomic mass is 16.5. The summed E-state index contributed by atoms with van der Waals surface area (Å²) < 4.78 is 14.1. The summed E-state index contributed by atoms with van der Waals surface area (Å²) in [7, 11) is 0. The summed E-state index contributed by atoms with van der Waals surface area (Å²) in [5.41, 5.74) is 0.930. The molecule has 0 aliphatic heterocycles. The summed E-state index contributed by atoms with van der Waals surface area (Å²) in [6, 6.07) is 13.4. The molecule has 0 spiro atoms. The fourth-order valence-corrected chi connectivity index (χ4v) is 4.08. The molecule has 38 heavy (non-hydrogen) atoms. The van der Waals surface area contributed by atoms with E-state index in [0.29, 0.717) is 35.8 Å². The van der Waals surface area contributed by atoms with Gasteiger partial charge in [-0.05, 0) is 61.7 Å². The molecular formula is C29H32N4O5. The largest absolute Gasteiger partial charge is 0.494 e. The first-order chi connectivity index (χ1) is 18.3. The van der Waals surface area contributed by atoms with Crippen molar-refractivity contribution in [2.75, 3.05) is 13.2 Å². The number of carbonyl (C=O) groups is 2. The molecule has 4 rings (SSSR count). The molecule has 4 aromatic rings. The number of fused-ring (bicyclic) bond motifs is 2. The Hall–Kier alpha value is -4.27. The quantitative estimate of drug-likeness (QED) is 0.186. The number of unbranched alkanes of at least 4 members (excludes halogenated alkanes) is 1. The van der Waals surface area contributed by atoms with Crippen molar-refractivity contribution in [3.63, 3.8) is 0 Å². The fraction of sp³-hybridized carbons (Fsp3) is 0.345. The number of aromatic nitrogens is 3. The number of esters is 1. The van der Waals surface area contributed by atoms with Crippen LogP contribution in [0.2, 0.25) is 0 Å². The van der Waals surface area contributed by atoms with Crippen molar-refractivity contribution >= 4 is 28.6 Å². The summed E-state index contributed by atoms with van der Waals surface area (Å²) in [4.78, 5) is 48.9. The molecule has 0 saturated carbocycles. The maximum atomic E-state index is 13.4. The van der Waals surface area contributed by atoms with E-state index in [9.17, 15) is 14.4 Å². The Balaban J connectivity index is 1.94. The zero-order valence-corrected chi connectivity index (χ0v) is 22.1. The van der Waals surface area contributed by atoms with Crippen molar-refractivity contribution in [1.29, 1.82) is 0 Å². The van der Waals surface area contributed by atoms with E-state index in [1.54, 1.807) is 60.2 Å². The third kappa shape index (κ3) is 5.66. The monoisotopic (exact) mass is 516 g/mol. The van der Waals surface area contributed by atoms with Crippen molar-refractivity contribution < 1.29 is 19.1 Å².